The molecule has 0 spiro atoms. The number of hydrogen-bond donors (Lipinski definition) is 3. The van der Waals surface area contributed by atoms with Crippen LogP contribution < -0.4 is 21.1 Å². The van der Waals surface area contributed by atoms with Crippen LogP contribution in [-0.4, -0.2) is 64.1 Å². The molecule has 5 rings (SSSR count). The number of nitrogens with two attached hydrogens (primary N) is 1. The molecule has 1 saturated heterocycles. The summed E-state index contributed by atoms with van der Waals surface area (Å²) in [5.41, 5.74) is 8.04. The minimum atomic E-state index is -3.61. The Labute approximate surface area is 188 Å². The second kappa shape index (κ2) is 8.18. The quantitative estimate of drug-likeness (QED) is 0.589. The van der Waals surface area contributed by atoms with Crippen LogP contribution in [0.1, 0.15) is 19.3 Å². The summed E-state index contributed by atoms with van der Waals surface area (Å²) in [5.74, 6) is 2.34. The van der Waals surface area contributed by atoms with Gasteiger partial charge in [0.15, 0.2) is 0 Å². The molecule has 1 aromatic carbocycles. The molecule has 32 heavy (non-hydrogen) atoms. The number of benzene rings is 1. The zero-order valence-electron chi connectivity index (χ0n) is 18.1. The van der Waals surface area contributed by atoms with Crippen LogP contribution in [-0.2, 0) is 14.8 Å². The van der Waals surface area contributed by atoms with Crippen molar-refractivity contribution in [2.75, 3.05) is 45.3 Å². The summed E-state index contributed by atoms with van der Waals surface area (Å²) in [5, 5.41) is 6.66. The summed E-state index contributed by atoms with van der Waals surface area (Å²) in [4.78, 5) is 4.75. The van der Waals surface area contributed by atoms with Crippen LogP contribution >= 0.6 is 0 Å². The van der Waals surface area contributed by atoms with Crippen molar-refractivity contribution < 1.29 is 17.9 Å². The molecule has 10 heteroatoms. The number of ether oxygens (including phenoxy) is 2. The Balaban J connectivity index is 1.43. The minimum absolute atomic E-state index is 0.195. The predicted octanol–water partition coefficient (Wildman–Crippen LogP) is 1.41. The summed E-state index contributed by atoms with van der Waals surface area (Å²) in [7, 11) is -2.09. The van der Waals surface area contributed by atoms with Crippen molar-refractivity contribution in [1.82, 2.24) is 9.62 Å². The van der Waals surface area contributed by atoms with Crippen LogP contribution in [0.25, 0.3) is 0 Å². The molecule has 0 bridgehead atoms. The molecule has 1 aromatic rings. The van der Waals surface area contributed by atoms with Gasteiger partial charge in [0.1, 0.15) is 17.4 Å². The number of morpholine rings is 1. The Kier molecular flexibility index (Phi) is 5.48. The van der Waals surface area contributed by atoms with Gasteiger partial charge in [-0.25, -0.2) is 8.42 Å². The normalized spacial score (nSPS) is 26.2. The van der Waals surface area contributed by atoms with E-state index in [4.69, 9.17) is 15.2 Å². The summed E-state index contributed by atoms with van der Waals surface area (Å²) in [6.07, 6.45) is 7.52. The Morgan fingerprint density at radius 2 is 2.09 bits per heavy atom. The molecule has 1 atom stereocenters. The first-order valence-electron chi connectivity index (χ1n) is 11.0. The number of amidine groups is 1. The monoisotopic (exact) mass is 459 g/mol. The lowest BCUT2D eigenvalue weighted by Crippen LogP contribution is -2.56. The smallest absolute Gasteiger partial charge is 0.243 e. The predicted molar refractivity (Wildman–Crippen MR) is 122 cm³/mol. The SMILES string of the molecule is COc1cc(S(=O)(=O)N2CCOCC2)ccc1NC1=CC(N)(C2CCC2)C2=CCN=C2N1. The fraction of sp³-hybridized carbons (Fsp3) is 0.500. The molecule has 0 aromatic heterocycles. The highest BCUT2D eigenvalue weighted by molar-refractivity contribution is 7.89. The summed E-state index contributed by atoms with van der Waals surface area (Å²) >= 11 is 0. The first-order chi connectivity index (χ1) is 15.4. The third kappa shape index (κ3) is 3.61. The number of sulfonamides is 1. The molecule has 1 saturated carbocycles. The van der Waals surface area contributed by atoms with Gasteiger partial charge in [-0.1, -0.05) is 12.5 Å². The van der Waals surface area contributed by atoms with Gasteiger partial charge < -0.3 is 25.8 Å². The number of nitrogens with one attached hydrogen (secondary N) is 2. The van der Waals surface area contributed by atoms with E-state index in [2.05, 4.69) is 21.7 Å². The Morgan fingerprint density at radius 1 is 1.31 bits per heavy atom. The van der Waals surface area contributed by atoms with Crippen molar-refractivity contribution in [1.29, 1.82) is 0 Å². The third-order valence-electron chi connectivity index (χ3n) is 6.73. The summed E-state index contributed by atoms with van der Waals surface area (Å²) < 4.78 is 38.3. The number of anilines is 1. The fourth-order valence-electron chi connectivity index (χ4n) is 4.69. The van der Waals surface area contributed by atoms with Gasteiger partial charge in [-0.15, -0.1) is 0 Å². The van der Waals surface area contributed by atoms with Gasteiger partial charge in [-0.3, -0.25) is 4.99 Å². The summed E-state index contributed by atoms with van der Waals surface area (Å²) in [6.45, 7) is 2.12. The lowest BCUT2D eigenvalue weighted by Gasteiger charge is -2.44. The standard InChI is InChI=1S/C22H29N5O4S/c1-30-19-13-16(32(28,29)27-9-11-31-12-10-27)5-6-18(19)25-20-14-22(23,15-3-2-4-15)17-7-8-24-21(17)26-20/h5-7,13-15,25H,2-4,8-12,23H2,1H3,(H,24,26). The maximum atomic E-state index is 13.0. The van der Waals surface area contributed by atoms with E-state index in [0.717, 1.165) is 30.1 Å². The molecule has 9 nitrogen and oxygen atoms in total. The number of fused-ring (bicyclic) bond motifs is 1. The van der Waals surface area contributed by atoms with Gasteiger partial charge in [0.05, 0.1) is 43.0 Å². The van der Waals surface area contributed by atoms with Gasteiger partial charge in [0.25, 0.3) is 0 Å². The molecular weight excluding hydrogens is 430 g/mol. The average molecular weight is 460 g/mol. The number of hydrogen-bond acceptors (Lipinski definition) is 8. The number of methoxy groups -OCH3 is 1. The molecule has 0 radical (unpaired) electrons. The molecule has 4 N–H and O–H groups in total. The average Bonchev–Trinajstić information content (AvgIpc) is 3.23. The highest BCUT2D eigenvalue weighted by atomic mass is 32.2. The second-order valence-corrected chi connectivity index (χ2v) is 10.5. The van der Waals surface area contributed by atoms with Gasteiger partial charge >= 0.3 is 0 Å². The van der Waals surface area contributed by atoms with Crippen molar-refractivity contribution in [2.24, 2.45) is 16.6 Å². The Bertz CT molecular complexity index is 1100. The topological polar surface area (TPSA) is 118 Å². The lowest BCUT2D eigenvalue weighted by molar-refractivity contribution is 0.0730. The molecule has 2 fully saturated rings. The van der Waals surface area contributed by atoms with E-state index >= 15 is 0 Å². The van der Waals surface area contributed by atoms with E-state index in [1.54, 1.807) is 18.2 Å². The van der Waals surface area contributed by atoms with Crippen LogP contribution in [0.4, 0.5) is 5.69 Å². The molecule has 0 amide bonds. The van der Waals surface area contributed by atoms with E-state index in [1.807, 2.05) is 6.08 Å². The maximum Gasteiger partial charge on any atom is 0.243 e. The highest BCUT2D eigenvalue weighted by Gasteiger charge is 2.45. The van der Waals surface area contributed by atoms with E-state index in [1.165, 1.54) is 17.8 Å². The molecule has 3 heterocycles. The Hall–Kier alpha value is -2.40. The molecular formula is C22H29N5O4S. The zero-order valence-corrected chi connectivity index (χ0v) is 19.0. The molecule has 1 aliphatic carbocycles. The van der Waals surface area contributed by atoms with Crippen molar-refractivity contribution in [3.63, 3.8) is 0 Å². The van der Waals surface area contributed by atoms with Crippen LogP contribution in [0.3, 0.4) is 0 Å². The summed E-state index contributed by atoms with van der Waals surface area (Å²) in [6, 6.07) is 4.87. The van der Waals surface area contributed by atoms with E-state index in [9.17, 15) is 8.42 Å². The molecule has 1 unspecified atom stereocenters. The van der Waals surface area contributed by atoms with Crippen molar-refractivity contribution >= 4 is 21.5 Å². The van der Waals surface area contributed by atoms with Gasteiger partial charge in [-0.2, -0.15) is 4.31 Å². The van der Waals surface area contributed by atoms with E-state index < -0.39 is 15.6 Å². The largest absolute Gasteiger partial charge is 0.495 e. The van der Waals surface area contributed by atoms with Crippen molar-refractivity contribution in [2.45, 2.75) is 29.7 Å². The van der Waals surface area contributed by atoms with Gasteiger partial charge in [0, 0.05) is 24.7 Å². The Morgan fingerprint density at radius 3 is 2.78 bits per heavy atom. The van der Waals surface area contributed by atoms with Crippen LogP contribution in [0.2, 0.25) is 0 Å². The maximum absolute atomic E-state index is 13.0. The van der Waals surface area contributed by atoms with Gasteiger partial charge in [0.2, 0.25) is 10.0 Å². The van der Waals surface area contributed by atoms with Crippen molar-refractivity contribution in [3.05, 3.63) is 41.7 Å². The first-order valence-corrected chi connectivity index (χ1v) is 12.4. The third-order valence-corrected chi connectivity index (χ3v) is 8.63. The first kappa shape index (κ1) is 21.4. The van der Waals surface area contributed by atoms with E-state index in [-0.39, 0.29) is 4.90 Å². The fourth-order valence-corrected chi connectivity index (χ4v) is 6.11. The molecule has 4 aliphatic rings. The number of aliphatic imine (C=N–C) groups is 1. The molecule has 172 valence electrons. The number of rotatable bonds is 6. The lowest BCUT2D eigenvalue weighted by atomic mass is 9.66. The highest BCUT2D eigenvalue weighted by Crippen LogP contribution is 2.43. The van der Waals surface area contributed by atoms with Crippen LogP contribution in [0, 0.1) is 5.92 Å². The second-order valence-electron chi connectivity index (χ2n) is 8.55. The van der Waals surface area contributed by atoms with Gasteiger partial charge in [-0.05, 0) is 37.0 Å². The van der Waals surface area contributed by atoms with Crippen LogP contribution in [0.5, 0.6) is 5.75 Å². The van der Waals surface area contributed by atoms with Crippen LogP contribution in [0.15, 0.2) is 51.6 Å². The number of nitrogens with zero attached hydrogens (tertiary/aromatic N) is 2. The minimum Gasteiger partial charge on any atom is -0.495 e. The van der Waals surface area contributed by atoms with Crippen molar-refractivity contribution in [3.8, 4) is 5.75 Å². The van der Waals surface area contributed by atoms with E-state index in [0.29, 0.717) is 50.2 Å². The zero-order chi connectivity index (χ0) is 22.3. The molecule has 3 aliphatic heterocycles.